The van der Waals surface area contributed by atoms with Gasteiger partial charge in [0.15, 0.2) is 0 Å². The molecule has 0 N–H and O–H groups in total. The van der Waals surface area contributed by atoms with Crippen LogP contribution in [0.25, 0.3) is 0 Å². The summed E-state index contributed by atoms with van der Waals surface area (Å²) in [7, 11) is 1.95. The first-order valence-corrected chi connectivity index (χ1v) is 6.55. The summed E-state index contributed by atoms with van der Waals surface area (Å²) >= 11 is 0. The lowest BCUT2D eigenvalue weighted by molar-refractivity contribution is 0.265. The van der Waals surface area contributed by atoms with E-state index in [0.717, 1.165) is 6.42 Å². The lowest BCUT2D eigenvalue weighted by atomic mass is 10.1. The summed E-state index contributed by atoms with van der Waals surface area (Å²) in [5.41, 5.74) is 1.78. The highest BCUT2D eigenvalue weighted by Crippen LogP contribution is 2.22. The maximum Gasteiger partial charge on any atom is 0.328 e. The van der Waals surface area contributed by atoms with Crippen molar-refractivity contribution in [3.05, 3.63) is 35.9 Å². The van der Waals surface area contributed by atoms with E-state index in [9.17, 15) is 0 Å². The Balaban J connectivity index is 2.81. The Hall–Kier alpha value is -0.643. The first-order valence-electron chi connectivity index (χ1n) is 4.94. The third-order valence-corrected chi connectivity index (χ3v) is 4.90. The highest BCUT2D eigenvalue weighted by Gasteiger charge is 2.23. The predicted octanol–water partition coefficient (Wildman–Crippen LogP) is 2.23. The van der Waals surface area contributed by atoms with E-state index in [1.807, 2.05) is 6.07 Å². The molecule has 0 saturated heterocycles. The van der Waals surface area contributed by atoms with E-state index in [-0.39, 0.29) is 0 Å². The normalized spacial score (nSPS) is 13.1. The summed E-state index contributed by atoms with van der Waals surface area (Å²) in [5, 5.41) is 0. The molecule has 1 rings (SSSR count). The van der Waals surface area contributed by atoms with Crippen LogP contribution >= 0.6 is 0 Å². The Kier molecular flexibility index (Phi) is 4.86. The average molecular weight is 210 g/mol. The van der Waals surface area contributed by atoms with Gasteiger partial charge in [-0.15, -0.1) is 0 Å². The minimum Gasteiger partial charge on any atom is -0.400 e. The number of hydrogen-bond donors (Lipinski definition) is 0. The molecule has 0 fully saturated rings. The maximum atomic E-state index is 5.42. The van der Waals surface area contributed by atoms with Crippen LogP contribution in [0.3, 0.4) is 0 Å². The monoisotopic (exact) mass is 210 g/mol. The molecule has 2 nitrogen and oxygen atoms in total. The SMILES string of the molecule is CCC(c1ccccc1)[SiH](OC)OC. The van der Waals surface area contributed by atoms with Crippen LogP contribution < -0.4 is 0 Å². The van der Waals surface area contributed by atoms with Gasteiger partial charge in [0.25, 0.3) is 0 Å². The van der Waals surface area contributed by atoms with Gasteiger partial charge in [-0.05, 0) is 12.0 Å². The van der Waals surface area contributed by atoms with E-state index < -0.39 is 9.28 Å². The van der Waals surface area contributed by atoms with Gasteiger partial charge >= 0.3 is 9.28 Å². The van der Waals surface area contributed by atoms with E-state index >= 15 is 0 Å². The Labute approximate surface area is 87.7 Å². The first-order chi connectivity index (χ1) is 6.83. The van der Waals surface area contributed by atoms with Crippen LogP contribution in [0.15, 0.2) is 30.3 Å². The van der Waals surface area contributed by atoms with Gasteiger partial charge < -0.3 is 8.85 Å². The maximum absolute atomic E-state index is 5.42. The second-order valence-electron chi connectivity index (χ2n) is 3.27. The molecule has 1 atom stereocenters. The highest BCUT2D eigenvalue weighted by atomic mass is 28.3. The molecule has 0 bridgehead atoms. The van der Waals surface area contributed by atoms with Crippen LogP contribution in [0.5, 0.6) is 0 Å². The van der Waals surface area contributed by atoms with Crippen LogP contribution in [-0.2, 0) is 8.85 Å². The van der Waals surface area contributed by atoms with Crippen molar-refractivity contribution >= 4 is 9.28 Å². The second kappa shape index (κ2) is 5.96. The van der Waals surface area contributed by atoms with Gasteiger partial charge in [-0.2, -0.15) is 0 Å². The second-order valence-corrected chi connectivity index (χ2v) is 5.75. The quantitative estimate of drug-likeness (QED) is 0.694. The third-order valence-electron chi connectivity index (χ3n) is 2.46. The zero-order valence-corrected chi connectivity index (χ0v) is 10.2. The molecule has 14 heavy (non-hydrogen) atoms. The van der Waals surface area contributed by atoms with E-state index in [1.54, 1.807) is 14.2 Å². The van der Waals surface area contributed by atoms with Gasteiger partial charge in [-0.3, -0.25) is 0 Å². The molecule has 1 aromatic carbocycles. The van der Waals surface area contributed by atoms with Crippen molar-refractivity contribution in [3.8, 4) is 0 Å². The van der Waals surface area contributed by atoms with Crippen molar-refractivity contribution in [3.63, 3.8) is 0 Å². The molecule has 1 aromatic rings. The fraction of sp³-hybridized carbons (Fsp3) is 0.455. The molecule has 78 valence electrons. The van der Waals surface area contributed by atoms with Crippen molar-refractivity contribution in [2.24, 2.45) is 0 Å². The summed E-state index contributed by atoms with van der Waals surface area (Å²) in [4.78, 5) is 0. The van der Waals surface area contributed by atoms with Gasteiger partial charge in [0.05, 0.1) is 0 Å². The lowest BCUT2D eigenvalue weighted by Crippen LogP contribution is -2.28. The standard InChI is InChI=1S/C11H18O2Si/c1-4-11(14(12-2)13-3)10-8-6-5-7-9-10/h5-9,11,14H,4H2,1-3H3. The average Bonchev–Trinajstić information content (AvgIpc) is 2.27. The summed E-state index contributed by atoms with van der Waals surface area (Å²) in [5.74, 6) is 0. The van der Waals surface area contributed by atoms with Gasteiger partial charge in [-0.25, -0.2) is 0 Å². The summed E-state index contributed by atoms with van der Waals surface area (Å²) in [6, 6.07) is 10.5. The molecule has 3 heteroatoms. The summed E-state index contributed by atoms with van der Waals surface area (Å²) in [6.07, 6.45) is 1.07. The molecule has 0 aromatic heterocycles. The zero-order chi connectivity index (χ0) is 10.4. The van der Waals surface area contributed by atoms with E-state index in [4.69, 9.17) is 8.85 Å². The van der Waals surface area contributed by atoms with Crippen LogP contribution in [0.4, 0.5) is 0 Å². The lowest BCUT2D eigenvalue weighted by Gasteiger charge is -2.21. The Morgan fingerprint density at radius 3 is 2.14 bits per heavy atom. The van der Waals surface area contributed by atoms with Crippen molar-refractivity contribution < 1.29 is 8.85 Å². The van der Waals surface area contributed by atoms with Gasteiger partial charge in [0, 0.05) is 19.8 Å². The van der Waals surface area contributed by atoms with Gasteiger partial charge in [-0.1, -0.05) is 37.3 Å². The first kappa shape index (κ1) is 11.4. The molecular formula is C11H18O2Si. The molecule has 0 aliphatic carbocycles. The number of rotatable bonds is 5. The van der Waals surface area contributed by atoms with Gasteiger partial charge in [0.2, 0.25) is 0 Å². The number of hydrogen-bond acceptors (Lipinski definition) is 2. The van der Waals surface area contributed by atoms with Crippen LogP contribution in [-0.4, -0.2) is 23.5 Å². The minimum absolute atomic E-state index is 0.450. The van der Waals surface area contributed by atoms with Gasteiger partial charge in [0.1, 0.15) is 0 Å². The topological polar surface area (TPSA) is 18.5 Å². The molecule has 0 amide bonds. The molecular weight excluding hydrogens is 192 g/mol. The molecule has 0 radical (unpaired) electrons. The van der Waals surface area contributed by atoms with Crippen LogP contribution in [0.2, 0.25) is 0 Å². The molecule has 1 unspecified atom stereocenters. The fourth-order valence-corrected chi connectivity index (χ4v) is 3.48. The Morgan fingerprint density at radius 2 is 1.71 bits per heavy atom. The number of benzene rings is 1. The summed E-state index contributed by atoms with van der Waals surface area (Å²) in [6.45, 7) is 2.18. The van der Waals surface area contributed by atoms with Crippen molar-refractivity contribution in [1.82, 2.24) is 0 Å². The van der Waals surface area contributed by atoms with Crippen molar-refractivity contribution in [2.75, 3.05) is 14.2 Å². The predicted molar refractivity (Wildman–Crippen MR) is 60.6 cm³/mol. The van der Waals surface area contributed by atoms with Crippen molar-refractivity contribution in [1.29, 1.82) is 0 Å². The minimum atomic E-state index is -1.53. The molecule has 0 spiro atoms. The highest BCUT2D eigenvalue weighted by molar-refractivity contribution is 6.46. The smallest absolute Gasteiger partial charge is 0.328 e. The molecule has 0 aliphatic rings. The van der Waals surface area contributed by atoms with Crippen LogP contribution in [0, 0.1) is 0 Å². The third kappa shape index (κ3) is 2.67. The van der Waals surface area contributed by atoms with Crippen LogP contribution in [0.1, 0.15) is 24.4 Å². The Bertz CT molecular complexity index is 247. The molecule has 0 heterocycles. The molecule has 0 saturated carbocycles. The van der Waals surface area contributed by atoms with E-state index in [0.29, 0.717) is 5.54 Å². The fourth-order valence-electron chi connectivity index (χ4n) is 1.71. The van der Waals surface area contributed by atoms with E-state index in [1.165, 1.54) is 5.56 Å². The molecule has 0 aliphatic heterocycles. The zero-order valence-electron chi connectivity index (χ0n) is 9.07. The van der Waals surface area contributed by atoms with E-state index in [2.05, 4.69) is 31.2 Å². The largest absolute Gasteiger partial charge is 0.400 e. The summed E-state index contributed by atoms with van der Waals surface area (Å²) < 4.78 is 10.8. The van der Waals surface area contributed by atoms with Crippen molar-refractivity contribution in [2.45, 2.75) is 18.9 Å². The Morgan fingerprint density at radius 1 is 1.14 bits per heavy atom.